The van der Waals surface area contributed by atoms with Gasteiger partial charge in [0.15, 0.2) is 17.3 Å². The number of carbonyl (C=O) groups excluding carboxylic acids is 1. The molecule has 0 saturated carbocycles. The van der Waals surface area contributed by atoms with E-state index < -0.39 is 11.8 Å². The topological polar surface area (TPSA) is 52.1 Å². The van der Waals surface area contributed by atoms with E-state index in [1.54, 1.807) is 6.20 Å². The zero-order chi connectivity index (χ0) is 27.7. The van der Waals surface area contributed by atoms with Crippen LogP contribution in [0.1, 0.15) is 119 Å². The highest BCUT2D eigenvalue weighted by Gasteiger charge is 2.15. The number of ether oxygens (including phenoxy) is 1. The van der Waals surface area contributed by atoms with E-state index in [2.05, 4.69) is 35.9 Å². The third kappa shape index (κ3) is 10.9. The first-order chi connectivity index (χ1) is 19.1. The third-order valence-electron chi connectivity index (χ3n) is 7.20. The van der Waals surface area contributed by atoms with Gasteiger partial charge < -0.3 is 4.74 Å². The predicted molar refractivity (Wildman–Crippen MR) is 158 cm³/mol. The van der Waals surface area contributed by atoms with Crippen LogP contribution in [0.25, 0.3) is 11.3 Å². The van der Waals surface area contributed by atoms with Crippen molar-refractivity contribution in [2.75, 3.05) is 0 Å². The fraction of sp³-hybridized carbons (Fsp3) is 0.500. The Labute approximate surface area is 234 Å². The lowest BCUT2D eigenvalue weighted by Crippen LogP contribution is -2.12. The van der Waals surface area contributed by atoms with Crippen molar-refractivity contribution in [1.29, 1.82) is 0 Å². The van der Waals surface area contributed by atoms with Crippen LogP contribution in [-0.2, 0) is 12.8 Å². The first-order valence-corrected chi connectivity index (χ1v) is 15.0. The standard InChI is InChI=1S/C34H45FN2O2/c1-3-5-7-9-11-13-14-16-27-18-21-29(22-19-27)31-25-37-32(26-36-31)34(38)39-33-23-20-28(24-30(33)35)17-15-12-10-8-6-4-2/h18-26H,3-17H2,1-2H3. The number of nitrogens with zero attached hydrogens (tertiary/aromatic N) is 2. The number of aromatic nitrogens is 2. The van der Waals surface area contributed by atoms with Crippen LogP contribution in [0.4, 0.5) is 4.39 Å². The first kappa shape index (κ1) is 30.5. The molecule has 4 nitrogen and oxygen atoms in total. The van der Waals surface area contributed by atoms with E-state index in [1.165, 1.54) is 94.5 Å². The Bertz CT molecular complexity index is 1110. The second-order valence-corrected chi connectivity index (χ2v) is 10.5. The molecule has 0 N–H and O–H groups in total. The maximum absolute atomic E-state index is 14.6. The average molecular weight is 533 g/mol. The molecule has 1 aromatic heterocycles. The number of carbonyl (C=O) groups is 1. The van der Waals surface area contributed by atoms with Crippen LogP contribution in [0.5, 0.6) is 5.75 Å². The largest absolute Gasteiger partial charge is 0.419 e. The fourth-order valence-corrected chi connectivity index (χ4v) is 4.76. The van der Waals surface area contributed by atoms with Gasteiger partial charge in [-0.1, -0.05) is 115 Å². The maximum atomic E-state index is 14.6. The van der Waals surface area contributed by atoms with Crippen molar-refractivity contribution >= 4 is 5.97 Å². The van der Waals surface area contributed by atoms with Crippen LogP contribution in [-0.4, -0.2) is 15.9 Å². The molecule has 1 heterocycles. The molecular formula is C34H45FN2O2. The van der Waals surface area contributed by atoms with Gasteiger partial charge in [-0.05, 0) is 48.9 Å². The molecule has 0 spiro atoms. The Morgan fingerprint density at radius 3 is 1.82 bits per heavy atom. The zero-order valence-corrected chi connectivity index (χ0v) is 23.9. The lowest BCUT2D eigenvalue weighted by Gasteiger charge is -2.08. The molecule has 0 saturated heterocycles. The van der Waals surface area contributed by atoms with E-state index in [0.29, 0.717) is 5.69 Å². The highest BCUT2D eigenvalue weighted by Crippen LogP contribution is 2.22. The minimum Gasteiger partial charge on any atom is -0.419 e. The summed E-state index contributed by atoms with van der Waals surface area (Å²) in [5.74, 6) is -1.34. The molecule has 0 atom stereocenters. The summed E-state index contributed by atoms with van der Waals surface area (Å²) in [4.78, 5) is 21.2. The lowest BCUT2D eigenvalue weighted by atomic mass is 10.0. The highest BCUT2D eigenvalue weighted by atomic mass is 19.1. The van der Waals surface area contributed by atoms with Crippen molar-refractivity contribution in [1.82, 2.24) is 9.97 Å². The van der Waals surface area contributed by atoms with Crippen molar-refractivity contribution in [3.8, 4) is 17.0 Å². The number of hydrogen-bond acceptors (Lipinski definition) is 4. The highest BCUT2D eigenvalue weighted by molar-refractivity contribution is 5.88. The van der Waals surface area contributed by atoms with Gasteiger partial charge in [0.05, 0.1) is 18.1 Å². The van der Waals surface area contributed by atoms with E-state index in [0.717, 1.165) is 36.8 Å². The van der Waals surface area contributed by atoms with Crippen molar-refractivity contribution in [2.45, 2.75) is 110 Å². The average Bonchev–Trinajstić information content (AvgIpc) is 2.96. The summed E-state index contributed by atoms with van der Waals surface area (Å²) < 4.78 is 19.8. The predicted octanol–water partition coefficient (Wildman–Crippen LogP) is 9.70. The van der Waals surface area contributed by atoms with Gasteiger partial charge in [0.2, 0.25) is 0 Å². The van der Waals surface area contributed by atoms with Crippen molar-refractivity contribution in [3.05, 3.63) is 77.5 Å². The van der Waals surface area contributed by atoms with Crippen molar-refractivity contribution < 1.29 is 13.9 Å². The van der Waals surface area contributed by atoms with Gasteiger partial charge in [0.25, 0.3) is 0 Å². The van der Waals surface area contributed by atoms with Crippen molar-refractivity contribution in [3.63, 3.8) is 0 Å². The quantitative estimate of drug-likeness (QED) is 0.0929. The summed E-state index contributed by atoms with van der Waals surface area (Å²) >= 11 is 0. The molecule has 0 amide bonds. The van der Waals surface area contributed by atoms with Gasteiger partial charge in [0.1, 0.15) is 0 Å². The second kappa shape index (κ2) is 17.5. The molecule has 2 aromatic carbocycles. The normalized spacial score (nSPS) is 11.1. The second-order valence-electron chi connectivity index (χ2n) is 10.5. The van der Waals surface area contributed by atoms with Gasteiger partial charge in [-0.25, -0.2) is 14.2 Å². The number of rotatable bonds is 18. The molecule has 0 aliphatic heterocycles. The van der Waals surface area contributed by atoms with Gasteiger partial charge in [0, 0.05) is 5.56 Å². The Morgan fingerprint density at radius 2 is 1.26 bits per heavy atom. The molecule has 0 fully saturated rings. The maximum Gasteiger partial charge on any atom is 0.364 e. The summed E-state index contributed by atoms with van der Waals surface area (Å²) in [7, 11) is 0. The smallest absolute Gasteiger partial charge is 0.364 e. The van der Waals surface area contributed by atoms with E-state index >= 15 is 0 Å². The number of halogens is 1. The number of benzene rings is 2. The third-order valence-corrected chi connectivity index (χ3v) is 7.20. The van der Waals surface area contributed by atoms with Gasteiger partial charge in [-0.3, -0.25) is 4.98 Å². The monoisotopic (exact) mass is 532 g/mol. The molecule has 39 heavy (non-hydrogen) atoms. The zero-order valence-electron chi connectivity index (χ0n) is 23.9. The van der Waals surface area contributed by atoms with Crippen LogP contribution >= 0.6 is 0 Å². The lowest BCUT2D eigenvalue weighted by molar-refractivity contribution is 0.0721. The molecule has 0 radical (unpaired) electrons. The summed E-state index contributed by atoms with van der Waals surface area (Å²) in [6.07, 6.45) is 21.2. The van der Waals surface area contributed by atoms with Crippen molar-refractivity contribution in [2.24, 2.45) is 0 Å². The van der Waals surface area contributed by atoms with Crippen LogP contribution < -0.4 is 4.74 Å². The number of hydrogen-bond donors (Lipinski definition) is 0. The number of esters is 1. The van der Waals surface area contributed by atoms with Gasteiger partial charge >= 0.3 is 5.97 Å². The van der Waals surface area contributed by atoms with E-state index in [-0.39, 0.29) is 11.4 Å². The molecule has 3 aromatic rings. The molecule has 0 aliphatic rings. The summed E-state index contributed by atoms with van der Waals surface area (Å²) in [5.41, 5.74) is 3.91. The minimum atomic E-state index is -0.721. The van der Waals surface area contributed by atoms with Crippen LogP contribution in [0.15, 0.2) is 54.9 Å². The molecule has 0 unspecified atom stereocenters. The fourth-order valence-electron chi connectivity index (χ4n) is 4.76. The van der Waals surface area contributed by atoms with Crippen LogP contribution in [0.3, 0.4) is 0 Å². The summed E-state index contributed by atoms with van der Waals surface area (Å²) in [6, 6.07) is 13.2. The van der Waals surface area contributed by atoms with Gasteiger partial charge in [-0.15, -0.1) is 0 Å². The molecular weight excluding hydrogens is 487 g/mol. The first-order valence-electron chi connectivity index (χ1n) is 15.0. The summed E-state index contributed by atoms with van der Waals surface area (Å²) in [5, 5.41) is 0. The van der Waals surface area contributed by atoms with E-state index in [1.807, 2.05) is 18.2 Å². The van der Waals surface area contributed by atoms with Crippen LogP contribution in [0.2, 0.25) is 0 Å². The molecule has 0 bridgehead atoms. The molecule has 5 heteroatoms. The number of unbranched alkanes of at least 4 members (excludes halogenated alkanes) is 11. The molecule has 0 aliphatic carbocycles. The Hall–Kier alpha value is -3.08. The summed E-state index contributed by atoms with van der Waals surface area (Å²) in [6.45, 7) is 4.45. The van der Waals surface area contributed by atoms with E-state index in [9.17, 15) is 9.18 Å². The van der Waals surface area contributed by atoms with Gasteiger partial charge in [-0.2, -0.15) is 0 Å². The Morgan fingerprint density at radius 1 is 0.692 bits per heavy atom. The molecule has 3 rings (SSSR count). The SMILES string of the molecule is CCCCCCCCCc1ccc(-c2cnc(C(=O)Oc3ccc(CCCCCCCC)cc3F)cn2)cc1. The Kier molecular flexibility index (Phi) is 13.7. The van der Waals surface area contributed by atoms with E-state index in [4.69, 9.17) is 4.74 Å². The van der Waals surface area contributed by atoms with Crippen LogP contribution in [0, 0.1) is 5.82 Å². The number of aryl methyl sites for hydroxylation is 2. The minimum absolute atomic E-state index is 0.0462. The molecule has 210 valence electrons. The Balaban J connectivity index is 1.45.